The Bertz CT molecular complexity index is 676. The molecule has 29 heavy (non-hydrogen) atoms. The van der Waals surface area contributed by atoms with Gasteiger partial charge in [-0.25, -0.2) is 0 Å². The first-order valence-corrected chi connectivity index (χ1v) is 11.2. The molecule has 164 valence electrons. The number of nitrogens with zero attached hydrogens (tertiary/aromatic N) is 5. The van der Waals surface area contributed by atoms with Gasteiger partial charge in [-0.05, 0) is 56.7 Å². The standard InChI is InChI=1S/C22H39N5O2/c1-16(2)7-10-26-11-8-22(9-12-26)13-18(21-24-23-20(29-21)17(3)4)27(15-22)14-19(28)25(5)6/h16-18H,7-15H2,1-6H3. The first-order chi connectivity index (χ1) is 13.7. The first-order valence-electron chi connectivity index (χ1n) is 11.2. The molecule has 0 aliphatic carbocycles. The number of rotatable bonds is 7. The van der Waals surface area contributed by atoms with E-state index in [0.717, 1.165) is 32.0 Å². The van der Waals surface area contributed by atoms with Crippen LogP contribution in [0.2, 0.25) is 0 Å². The molecule has 7 nitrogen and oxygen atoms in total. The van der Waals surface area contributed by atoms with Crippen LogP contribution in [0.25, 0.3) is 0 Å². The summed E-state index contributed by atoms with van der Waals surface area (Å²) in [4.78, 5) is 19.0. The average Bonchev–Trinajstić information content (AvgIpc) is 3.27. The van der Waals surface area contributed by atoms with Crippen molar-refractivity contribution in [1.29, 1.82) is 0 Å². The molecule has 7 heteroatoms. The normalized spacial score (nSPS) is 22.8. The summed E-state index contributed by atoms with van der Waals surface area (Å²) in [5, 5.41) is 8.62. The molecule has 0 radical (unpaired) electrons. The number of piperidine rings is 1. The third-order valence-electron chi connectivity index (χ3n) is 6.62. The largest absolute Gasteiger partial charge is 0.423 e. The molecule has 2 aliphatic rings. The van der Waals surface area contributed by atoms with Crippen LogP contribution in [0, 0.1) is 11.3 Å². The van der Waals surface area contributed by atoms with Crippen molar-refractivity contribution in [3.8, 4) is 0 Å². The molecular weight excluding hydrogens is 366 g/mol. The Labute approximate surface area is 175 Å². The number of carbonyl (C=O) groups is 1. The molecule has 2 aliphatic heterocycles. The third kappa shape index (κ3) is 5.37. The topological polar surface area (TPSA) is 65.7 Å². The molecule has 0 N–H and O–H groups in total. The molecule has 1 aromatic rings. The Hall–Kier alpha value is -1.47. The maximum atomic E-state index is 12.5. The molecule has 1 amide bonds. The van der Waals surface area contributed by atoms with E-state index in [0.29, 0.717) is 18.3 Å². The van der Waals surface area contributed by atoms with E-state index < -0.39 is 0 Å². The highest BCUT2D eigenvalue weighted by atomic mass is 16.4. The van der Waals surface area contributed by atoms with Gasteiger partial charge < -0.3 is 14.2 Å². The fourth-order valence-electron chi connectivity index (χ4n) is 4.54. The van der Waals surface area contributed by atoms with E-state index in [1.54, 1.807) is 4.90 Å². The number of amides is 1. The number of likely N-dealkylation sites (N-methyl/N-ethyl adjacent to an activating group) is 1. The maximum Gasteiger partial charge on any atom is 0.236 e. The van der Waals surface area contributed by atoms with Crippen LogP contribution in [0.3, 0.4) is 0 Å². The van der Waals surface area contributed by atoms with E-state index in [4.69, 9.17) is 4.42 Å². The highest BCUT2D eigenvalue weighted by Gasteiger charge is 2.48. The summed E-state index contributed by atoms with van der Waals surface area (Å²) in [6.07, 6.45) is 4.63. The van der Waals surface area contributed by atoms with E-state index >= 15 is 0 Å². The Morgan fingerprint density at radius 1 is 1.21 bits per heavy atom. The van der Waals surface area contributed by atoms with Gasteiger partial charge in [0.15, 0.2) is 0 Å². The molecule has 0 aromatic carbocycles. The molecule has 0 saturated carbocycles. The summed E-state index contributed by atoms with van der Waals surface area (Å²) < 4.78 is 6.02. The van der Waals surface area contributed by atoms with E-state index in [1.165, 1.54) is 25.8 Å². The fraction of sp³-hybridized carbons (Fsp3) is 0.864. The number of hydrogen-bond acceptors (Lipinski definition) is 6. The average molecular weight is 406 g/mol. The van der Waals surface area contributed by atoms with E-state index in [2.05, 4.69) is 47.7 Å². The second-order valence-corrected chi connectivity index (χ2v) is 10.1. The van der Waals surface area contributed by atoms with Gasteiger partial charge in [-0.2, -0.15) is 0 Å². The maximum absolute atomic E-state index is 12.5. The SMILES string of the molecule is CC(C)CCN1CCC2(CC1)CC(c1nnc(C(C)C)o1)N(CC(=O)N(C)C)C2. The van der Waals surface area contributed by atoms with Crippen LogP contribution in [0.1, 0.15) is 77.1 Å². The third-order valence-corrected chi connectivity index (χ3v) is 6.62. The minimum Gasteiger partial charge on any atom is -0.423 e. The molecule has 3 heterocycles. The highest BCUT2D eigenvalue weighted by Crippen LogP contribution is 2.48. The van der Waals surface area contributed by atoms with Crippen molar-refractivity contribution in [3.63, 3.8) is 0 Å². The Kier molecular flexibility index (Phi) is 6.99. The quantitative estimate of drug-likeness (QED) is 0.694. The minimum absolute atomic E-state index is 0.0427. The summed E-state index contributed by atoms with van der Waals surface area (Å²) in [5.74, 6) is 2.46. The fourth-order valence-corrected chi connectivity index (χ4v) is 4.54. The van der Waals surface area contributed by atoms with Crippen LogP contribution in [0.4, 0.5) is 0 Å². The lowest BCUT2D eigenvalue weighted by Gasteiger charge is -2.39. The first kappa shape index (κ1) is 22.2. The van der Waals surface area contributed by atoms with Gasteiger partial charge >= 0.3 is 0 Å². The molecule has 1 atom stereocenters. The Morgan fingerprint density at radius 2 is 1.90 bits per heavy atom. The van der Waals surface area contributed by atoms with Gasteiger partial charge in [0.25, 0.3) is 0 Å². The predicted octanol–water partition coefficient (Wildman–Crippen LogP) is 3.16. The van der Waals surface area contributed by atoms with Crippen molar-refractivity contribution in [1.82, 2.24) is 24.9 Å². The van der Waals surface area contributed by atoms with Gasteiger partial charge in [0.2, 0.25) is 17.7 Å². The Balaban J connectivity index is 1.71. The van der Waals surface area contributed by atoms with Gasteiger partial charge in [0.05, 0.1) is 12.6 Å². The molecule has 0 bridgehead atoms. The number of hydrogen-bond donors (Lipinski definition) is 0. The van der Waals surface area contributed by atoms with Crippen molar-refractivity contribution in [2.75, 3.05) is 46.8 Å². The van der Waals surface area contributed by atoms with Gasteiger partial charge in [-0.15, -0.1) is 10.2 Å². The predicted molar refractivity (Wildman–Crippen MR) is 114 cm³/mol. The molecular formula is C22H39N5O2. The number of aromatic nitrogens is 2. The molecule has 1 spiro atoms. The molecule has 1 unspecified atom stereocenters. The van der Waals surface area contributed by atoms with Crippen molar-refractivity contribution in [2.24, 2.45) is 11.3 Å². The van der Waals surface area contributed by atoms with Crippen molar-refractivity contribution in [2.45, 2.75) is 65.3 Å². The highest BCUT2D eigenvalue weighted by molar-refractivity contribution is 5.77. The van der Waals surface area contributed by atoms with Gasteiger partial charge in [-0.1, -0.05) is 27.7 Å². The van der Waals surface area contributed by atoms with E-state index in [9.17, 15) is 4.79 Å². The van der Waals surface area contributed by atoms with Crippen LogP contribution in [-0.2, 0) is 4.79 Å². The van der Waals surface area contributed by atoms with Crippen LogP contribution in [0.5, 0.6) is 0 Å². The zero-order valence-corrected chi connectivity index (χ0v) is 19.1. The molecule has 2 saturated heterocycles. The zero-order chi connectivity index (χ0) is 21.2. The van der Waals surface area contributed by atoms with Crippen LogP contribution < -0.4 is 0 Å². The van der Waals surface area contributed by atoms with Crippen molar-refractivity contribution in [3.05, 3.63) is 11.8 Å². The number of carbonyl (C=O) groups excluding carboxylic acids is 1. The van der Waals surface area contributed by atoms with Gasteiger partial charge in [-0.3, -0.25) is 9.69 Å². The lowest BCUT2D eigenvalue weighted by molar-refractivity contribution is -0.130. The van der Waals surface area contributed by atoms with Crippen molar-refractivity contribution < 1.29 is 9.21 Å². The summed E-state index contributed by atoms with van der Waals surface area (Å²) in [6.45, 7) is 13.6. The molecule has 2 fully saturated rings. The van der Waals surface area contributed by atoms with Gasteiger partial charge in [0, 0.05) is 26.6 Å². The number of likely N-dealkylation sites (tertiary alicyclic amines) is 2. The molecule has 1 aromatic heterocycles. The summed E-state index contributed by atoms with van der Waals surface area (Å²) >= 11 is 0. The monoisotopic (exact) mass is 405 g/mol. The van der Waals surface area contributed by atoms with Crippen LogP contribution in [-0.4, -0.2) is 77.6 Å². The summed E-state index contributed by atoms with van der Waals surface area (Å²) in [7, 11) is 3.64. The summed E-state index contributed by atoms with van der Waals surface area (Å²) in [6, 6.07) is 0.0427. The van der Waals surface area contributed by atoms with Crippen LogP contribution >= 0.6 is 0 Å². The van der Waals surface area contributed by atoms with E-state index in [-0.39, 0.29) is 23.3 Å². The lowest BCUT2D eigenvalue weighted by atomic mass is 9.76. The van der Waals surface area contributed by atoms with Crippen molar-refractivity contribution >= 4 is 5.91 Å². The Morgan fingerprint density at radius 3 is 2.45 bits per heavy atom. The van der Waals surface area contributed by atoms with Gasteiger partial charge in [0.1, 0.15) is 0 Å². The zero-order valence-electron chi connectivity index (χ0n) is 19.1. The summed E-state index contributed by atoms with van der Waals surface area (Å²) in [5.41, 5.74) is 0.248. The van der Waals surface area contributed by atoms with Crippen LogP contribution in [0.15, 0.2) is 4.42 Å². The lowest BCUT2D eigenvalue weighted by Crippen LogP contribution is -2.43. The van der Waals surface area contributed by atoms with E-state index in [1.807, 2.05) is 14.1 Å². The second kappa shape index (κ2) is 9.13. The smallest absolute Gasteiger partial charge is 0.236 e. The minimum atomic E-state index is 0.0427. The second-order valence-electron chi connectivity index (χ2n) is 10.1. The molecule has 3 rings (SSSR count).